The monoisotopic (exact) mass is 220 g/mol. The van der Waals surface area contributed by atoms with Crippen molar-refractivity contribution >= 4 is 0 Å². The molecule has 5 atom stereocenters. The van der Waals surface area contributed by atoms with Crippen molar-refractivity contribution in [3.63, 3.8) is 0 Å². The first-order valence-corrected chi connectivity index (χ1v) is 7.83. The maximum absolute atomic E-state index is 2.50. The van der Waals surface area contributed by atoms with Crippen molar-refractivity contribution < 1.29 is 0 Å². The summed E-state index contributed by atoms with van der Waals surface area (Å²) in [5.41, 5.74) is 0. The number of rotatable bonds is 0. The van der Waals surface area contributed by atoms with Gasteiger partial charge in [-0.1, -0.05) is 39.0 Å². The van der Waals surface area contributed by atoms with E-state index in [2.05, 4.69) is 6.92 Å². The van der Waals surface area contributed by atoms with Crippen molar-refractivity contribution in [1.29, 1.82) is 0 Å². The molecule has 3 saturated carbocycles. The second-order valence-electron chi connectivity index (χ2n) is 7.07. The number of hydrogen-bond acceptors (Lipinski definition) is 0. The second kappa shape index (κ2) is 4.70. The van der Waals surface area contributed by atoms with Crippen LogP contribution in [0.3, 0.4) is 0 Å². The van der Waals surface area contributed by atoms with E-state index in [4.69, 9.17) is 0 Å². The third kappa shape index (κ3) is 2.17. The molecule has 0 aromatic heterocycles. The van der Waals surface area contributed by atoms with Gasteiger partial charge in [-0.25, -0.2) is 0 Å². The van der Waals surface area contributed by atoms with Crippen LogP contribution in [0.25, 0.3) is 0 Å². The minimum absolute atomic E-state index is 1.02. The van der Waals surface area contributed by atoms with Crippen LogP contribution in [0, 0.1) is 29.6 Å². The molecule has 0 nitrogen and oxygen atoms in total. The summed E-state index contributed by atoms with van der Waals surface area (Å²) < 4.78 is 0. The topological polar surface area (TPSA) is 0 Å². The predicted octanol–water partition coefficient (Wildman–Crippen LogP) is 5.03. The van der Waals surface area contributed by atoms with E-state index in [1.165, 1.54) is 19.3 Å². The molecule has 3 rings (SSSR count). The van der Waals surface area contributed by atoms with E-state index < -0.39 is 0 Å². The fourth-order valence-corrected chi connectivity index (χ4v) is 5.12. The highest BCUT2D eigenvalue weighted by Crippen LogP contribution is 2.48. The predicted molar refractivity (Wildman–Crippen MR) is 69.3 cm³/mol. The van der Waals surface area contributed by atoms with Gasteiger partial charge in [-0.15, -0.1) is 0 Å². The highest BCUT2D eigenvalue weighted by atomic mass is 14.4. The molecule has 5 unspecified atom stereocenters. The normalized spacial score (nSPS) is 48.9. The van der Waals surface area contributed by atoms with E-state index in [1.807, 2.05) is 0 Å². The average Bonchev–Trinajstić information content (AvgIpc) is 2.59. The van der Waals surface area contributed by atoms with Crippen LogP contribution in [0.2, 0.25) is 0 Å². The van der Waals surface area contributed by atoms with E-state index in [0.717, 1.165) is 29.6 Å². The molecule has 0 saturated heterocycles. The maximum Gasteiger partial charge on any atom is -0.0357 e. The Morgan fingerprint density at radius 2 is 1.50 bits per heavy atom. The summed E-state index contributed by atoms with van der Waals surface area (Å²) in [7, 11) is 0. The van der Waals surface area contributed by atoms with Crippen LogP contribution in [0.5, 0.6) is 0 Å². The molecule has 0 aromatic rings. The van der Waals surface area contributed by atoms with Crippen molar-refractivity contribution in [3.8, 4) is 0 Å². The van der Waals surface area contributed by atoms with Crippen LogP contribution in [0.15, 0.2) is 0 Å². The lowest BCUT2D eigenvalue weighted by atomic mass is 9.70. The maximum atomic E-state index is 2.50. The summed E-state index contributed by atoms with van der Waals surface area (Å²) in [6.07, 6.45) is 15.6. The van der Waals surface area contributed by atoms with Crippen molar-refractivity contribution in [1.82, 2.24) is 0 Å². The molecular formula is C16H28. The SMILES string of the molecule is CC1CCC2CC(CCC3CCCCC32)C1. The summed E-state index contributed by atoms with van der Waals surface area (Å²) in [5, 5.41) is 0. The Labute approximate surface area is 101 Å². The molecule has 16 heavy (non-hydrogen) atoms. The van der Waals surface area contributed by atoms with Crippen LogP contribution in [0.4, 0.5) is 0 Å². The van der Waals surface area contributed by atoms with Crippen molar-refractivity contribution in [2.75, 3.05) is 0 Å². The molecule has 0 heterocycles. The summed E-state index contributed by atoms with van der Waals surface area (Å²) in [5.74, 6) is 5.53. The first-order valence-electron chi connectivity index (χ1n) is 7.83. The van der Waals surface area contributed by atoms with Gasteiger partial charge in [-0.3, -0.25) is 0 Å². The van der Waals surface area contributed by atoms with Gasteiger partial charge in [0.15, 0.2) is 0 Å². The molecular weight excluding hydrogens is 192 g/mol. The Morgan fingerprint density at radius 1 is 0.688 bits per heavy atom. The average molecular weight is 220 g/mol. The molecule has 0 heteroatoms. The van der Waals surface area contributed by atoms with Crippen LogP contribution < -0.4 is 0 Å². The molecule has 0 amide bonds. The third-order valence-corrected chi connectivity index (χ3v) is 5.92. The quantitative estimate of drug-likeness (QED) is 0.537. The van der Waals surface area contributed by atoms with Crippen molar-refractivity contribution in [3.05, 3.63) is 0 Å². The Balaban J connectivity index is 1.76. The zero-order valence-electron chi connectivity index (χ0n) is 11.0. The lowest BCUT2D eigenvalue weighted by Crippen LogP contribution is -2.25. The van der Waals surface area contributed by atoms with E-state index in [1.54, 1.807) is 44.9 Å². The standard InChI is InChI=1S/C16H28/c1-12-6-8-15-11-13(10-12)7-9-14-4-2-3-5-16(14)15/h12-16H,2-11H2,1H3. The Morgan fingerprint density at radius 3 is 2.44 bits per heavy atom. The number of fused-ring (bicyclic) bond motifs is 4. The minimum atomic E-state index is 1.02. The molecule has 3 aliphatic carbocycles. The molecule has 0 spiro atoms. The van der Waals surface area contributed by atoms with Gasteiger partial charge < -0.3 is 0 Å². The first kappa shape index (κ1) is 11.1. The second-order valence-corrected chi connectivity index (χ2v) is 7.07. The fraction of sp³-hybridized carbons (Fsp3) is 1.00. The third-order valence-electron chi connectivity index (χ3n) is 5.92. The first-order chi connectivity index (χ1) is 7.83. The molecule has 0 radical (unpaired) electrons. The van der Waals surface area contributed by atoms with Gasteiger partial charge >= 0.3 is 0 Å². The van der Waals surface area contributed by atoms with E-state index >= 15 is 0 Å². The van der Waals surface area contributed by atoms with Crippen LogP contribution in [-0.4, -0.2) is 0 Å². The lowest BCUT2D eigenvalue weighted by Gasteiger charge is -2.35. The lowest BCUT2D eigenvalue weighted by molar-refractivity contribution is 0.153. The summed E-state index contributed by atoms with van der Waals surface area (Å²) in [6.45, 7) is 2.50. The molecule has 3 aliphatic rings. The highest BCUT2D eigenvalue weighted by Gasteiger charge is 2.37. The van der Waals surface area contributed by atoms with E-state index in [-0.39, 0.29) is 0 Å². The fourth-order valence-electron chi connectivity index (χ4n) is 5.12. The van der Waals surface area contributed by atoms with Crippen LogP contribution >= 0.6 is 0 Å². The van der Waals surface area contributed by atoms with Crippen molar-refractivity contribution in [2.24, 2.45) is 29.6 Å². The summed E-state index contributed by atoms with van der Waals surface area (Å²) >= 11 is 0. The molecule has 2 bridgehead atoms. The van der Waals surface area contributed by atoms with Gasteiger partial charge in [0, 0.05) is 0 Å². The van der Waals surface area contributed by atoms with Gasteiger partial charge in [0.2, 0.25) is 0 Å². The molecule has 0 aliphatic heterocycles. The molecule has 0 aromatic carbocycles. The summed E-state index contributed by atoms with van der Waals surface area (Å²) in [4.78, 5) is 0. The Hall–Kier alpha value is 0. The van der Waals surface area contributed by atoms with Gasteiger partial charge in [0.05, 0.1) is 0 Å². The minimum Gasteiger partial charge on any atom is -0.0625 e. The van der Waals surface area contributed by atoms with E-state index in [0.29, 0.717) is 0 Å². The zero-order chi connectivity index (χ0) is 11.0. The zero-order valence-corrected chi connectivity index (χ0v) is 11.0. The van der Waals surface area contributed by atoms with Gasteiger partial charge in [-0.2, -0.15) is 0 Å². The Bertz CT molecular complexity index is 232. The molecule has 3 fully saturated rings. The van der Waals surface area contributed by atoms with Crippen LogP contribution in [0.1, 0.15) is 71.1 Å². The van der Waals surface area contributed by atoms with Crippen molar-refractivity contribution in [2.45, 2.75) is 71.1 Å². The van der Waals surface area contributed by atoms with Gasteiger partial charge in [-0.05, 0) is 61.7 Å². The molecule has 92 valence electrons. The smallest absolute Gasteiger partial charge is 0.0357 e. The van der Waals surface area contributed by atoms with Gasteiger partial charge in [0.25, 0.3) is 0 Å². The largest absolute Gasteiger partial charge is 0.0625 e. The van der Waals surface area contributed by atoms with Gasteiger partial charge in [0.1, 0.15) is 0 Å². The van der Waals surface area contributed by atoms with Crippen LogP contribution in [-0.2, 0) is 0 Å². The number of hydrogen-bond donors (Lipinski definition) is 0. The highest BCUT2D eigenvalue weighted by molar-refractivity contribution is 4.88. The Kier molecular flexibility index (Phi) is 3.27. The summed E-state index contributed by atoms with van der Waals surface area (Å²) in [6, 6.07) is 0. The molecule has 0 N–H and O–H groups in total. The van der Waals surface area contributed by atoms with E-state index in [9.17, 15) is 0 Å².